The molecule has 1 amide bonds. The van der Waals surface area contributed by atoms with Crippen LogP contribution in [0.5, 0.6) is 0 Å². The molecule has 1 aromatic rings. The molecule has 6 heteroatoms. The Morgan fingerprint density at radius 3 is 2.71 bits per heavy atom. The highest BCUT2D eigenvalue weighted by Gasteiger charge is 2.12. The first-order valence-corrected chi connectivity index (χ1v) is 8.15. The van der Waals surface area contributed by atoms with Crippen molar-refractivity contribution in [2.45, 2.75) is 26.3 Å². The van der Waals surface area contributed by atoms with Gasteiger partial charge >= 0.3 is 0 Å². The molecule has 1 aromatic carbocycles. The van der Waals surface area contributed by atoms with E-state index in [4.69, 9.17) is 17.3 Å². The first-order valence-electron chi connectivity index (χ1n) is 6.98. The topological polar surface area (TPSA) is 58.4 Å². The van der Waals surface area contributed by atoms with Crippen LogP contribution in [0.4, 0.5) is 5.69 Å². The van der Waals surface area contributed by atoms with Gasteiger partial charge in [0.15, 0.2) is 0 Å². The Bertz CT molecular complexity index is 482. The van der Waals surface area contributed by atoms with Crippen LogP contribution >= 0.6 is 27.5 Å². The molecule has 0 saturated carbocycles. The van der Waals surface area contributed by atoms with Crippen LogP contribution in [0.1, 0.15) is 20.3 Å². The zero-order valence-corrected chi connectivity index (χ0v) is 15.0. The van der Waals surface area contributed by atoms with Crippen molar-refractivity contribution < 1.29 is 4.79 Å². The molecular weight excluding hydrogens is 354 g/mol. The molecule has 4 nitrogen and oxygen atoms in total. The number of benzene rings is 1. The number of anilines is 1. The molecule has 0 bridgehead atoms. The number of rotatable bonds is 7. The molecule has 0 aliphatic rings. The molecule has 1 rings (SSSR count). The normalized spacial score (nSPS) is 12.8. The monoisotopic (exact) mass is 375 g/mol. The first kappa shape index (κ1) is 18.4. The zero-order valence-electron chi connectivity index (χ0n) is 12.7. The van der Waals surface area contributed by atoms with E-state index in [1.165, 1.54) is 0 Å². The van der Waals surface area contributed by atoms with Crippen LogP contribution in [0, 0.1) is 5.92 Å². The Hall–Kier alpha value is -0.620. The summed E-state index contributed by atoms with van der Waals surface area (Å²) in [5.41, 5.74) is 6.63. The van der Waals surface area contributed by atoms with E-state index in [-0.39, 0.29) is 11.9 Å². The Labute approximate surface area is 140 Å². The zero-order chi connectivity index (χ0) is 16.0. The van der Waals surface area contributed by atoms with Crippen molar-refractivity contribution in [1.82, 2.24) is 4.90 Å². The van der Waals surface area contributed by atoms with Gasteiger partial charge in [0.1, 0.15) is 0 Å². The van der Waals surface area contributed by atoms with Crippen molar-refractivity contribution in [1.29, 1.82) is 0 Å². The minimum Gasteiger partial charge on any atom is -0.327 e. The van der Waals surface area contributed by atoms with Crippen molar-refractivity contribution in [2.24, 2.45) is 11.7 Å². The summed E-state index contributed by atoms with van der Waals surface area (Å²) in [7, 11) is 1.91. The van der Waals surface area contributed by atoms with E-state index < -0.39 is 0 Å². The van der Waals surface area contributed by atoms with E-state index in [0.717, 1.165) is 17.4 Å². The Morgan fingerprint density at radius 1 is 1.48 bits per heavy atom. The number of carbonyl (C=O) groups excluding carboxylic acids is 1. The lowest BCUT2D eigenvalue weighted by molar-refractivity contribution is -0.117. The molecule has 0 heterocycles. The van der Waals surface area contributed by atoms with Gasteiger partial charge in [-0.25, -0.2) is 0 Å². The van der Waals surface area contributed by atoms with Gasteiger partial charge in [0.05, 0.1) is 17.3 Å². The SMILES string of the molecule is CC(C)C(N)CCN(C)CC(=O)Nc1ccc(Br)cc1Cl. The molecule has 0 aromatic heterocycles. The van der Waals surface area contributed by atoms with Crippen molar-refractivity contribution in [3.63, 3.8) is 0 Å². The fraction of sp³-hybridized carbons (Fsp3) is 0.533. The van der Waals surface area contributed by atoms with Gasteiger partial charge in [0.2, 0.25) is 5.91 Å². The smallest absolute Gasteiger partial charge is 0.238 e. The summed E-state index contributed by atoms with van der Waals surface area (Å²) in [4.78, 5) is 13.9. The Balaban J connectivity index is 2.42. The molecular formula is C15H23BrClN3O. The number of hydrogen-bond donors (Lipinski definition) is 2. The number of hydrogen-bond acceptors (Lipinski definition) is 3. The van der Waals surface area contributed by atoms with E-state index in [2.05, 4.69) is 35.1 Å². The predicted octanol–water partition coefficient (Wildman–Crippen LogP) is 3.35. The van der Waals surface area contributed by atoms with Crippen molar-refractivity contribution in [3.05, 3.63) is 27.7 Å². The quantitative estimate of drug-likeness (QED) is 0.767. The summed E-state index contributed by atoms with van der Waals surface area (Å²) >= 11 is 9.40. The van der Waals surface area contributed by atoms with Crippen LogP contribution in [0.25, 0.3) is 0 Å². The lowest BCUT2D eigenvalue weighted by Crippen LogP contribution is -2.35. The first-order chi connectivity index (χ1) is 9.79. The van der Waals surface area contributed by atoms with Crippen LogP contribution in [-0.2, 0) is 4.79 Å². The summed E-state index contributed by atoms with van der Waals surface area (Å²) < 4.78 is 0.880. The standard InChI is InChI=1S/C15H23BrClN3O/c1-10(2)13(18)6-7-20(3)9-15(21)19-14-5-4-11(16)8-12(14)17/h4-5,8,10,13H,6-7,9,18H2,1-3H3,(H,19,21). The summed E-state index contributed by atoms with van der Waals surface area (Å²) in [5.74, 6) is 0.369. The molecule has 0 radical (unpaired) electrons. The van der Waals surface area contributed by atoms with Gasteiger partial charge in [0.25, 0.3) is 0 Å². The number of nitrogens with zero attached hydrogens (tertiary/aromatic N) is 1. The van der Waals surface area contributed by atoms with E-state index in [0.29, 0.717) is 23.2 Å². The van der Waals surface area contributed by atoms with Crippen molar-refractivity contribution >= 4 is 39.1 Å². The van der Waals surface area contributed by atoms with Gasteiger partial charge < -0.3 is 11.1 Å². The Kier molecular flexibility index (Phi) is 7.66. The van der Waals surface area contributed by atoms with Gasteiger partial charge in [-0.15, -0.1) is 0 Å². The molecule has 0 aliphatic heterocycles. The van der Waals surface area contributed by atoms with Crippen LogP contribution in [0.3, 0.4) is 0 Å². The van der Waals surface area contributed by atoms with Crippen LogP contribution < -0.4 is 11.1 Å². The molecule has 3 N–H and O–H groups in total. The highest BCUT2D eigenvalue weighted by atomic mass is 79.9. The molecule has 21 heavy (non-hydrogen) atoms. The van der Waals surface area contributed by atoms with Gasteiger partial charge in [-0.1, -0.05) is 41.4 Å². The maximum Gasteiger partial charge on any atom is 0.238 e. The highest BCUT2D eigenvalue weighted by Crippen LogP contribution is 2.25. The summed E-state index contributed by atoms with van der Waals surface area (Å²) in [6.45, 7) is 5.32. The van der Waals surface area contributed by atoms with Crippen LogP contribution in [0.15, 0.2) is 22.7 Å². The fourth-order valence-electron chi connectivity index (χ4n) is 1.81. The number of nitrogens with two attached hydrogens (primary N) is 1. The van der Waals surface area contributed by atoms with Crippen molar-refractivity contribution in [2.75, 3.05) is 25.5 Å². The van der Waals surface area contributed by atoms with Crippen LogP contribution in [-0.4, -0.2) is 37.0 Å². The van der Waals surface area contributed by atoms with E-state index in [1.54, 1.807) is 12.1 Å². The predicted molar refractivity (Wildman–Crippen MR) is 92.7 cm³/mol. The maximum absolute atomic E-state index is 12.0. The third kappa shape index (κ3) is 6.78. The number of likely N-dealkylation sites (N-methyl/N-ethyl adjacent to an activating group) is 1. The second kappa shape index (κ2) is 8.73. The largest absolute Gasteiger partial charge is 0.327 e. The number of carbonyl (C=O) groups is 1. The van der Waals surface area contributed by atoms with Crippen LogP contribution in [0.2, 0.25) is 5.02 Å². The number of amides is 1. The van der Waals surface area contributed by atoms with Gasteiger partial charge in [-0.05, 0) is 44.1 Å². The molecule has 0 saturated heterocycles. The lowest BCUT2D eigenvalue weighted by atomic mass is 10.0. The minimum absolute atomic E-state index is 0.0835. The lowest BCUT2D eigenvalue weighted by Gasteiger charge is -2.21. The second-order valence-electron chi connectivity index (χ2n) is 5.61. The third-order valence-corrected chi connectivity index (χ3v) is 4.13. The number of halogens is 2. The molecule has 0 spiro atoms. The van der Waals surface area contributed by atoms with Gasteiger partial charge in [0, 0.05) is 10.5 Å². The fourth-order valence-corrected chi connectivity index (χ4v) is 2.53. The van der Waals surface area contributed by atoms with Gasteiger partial charge in [-0.2, -0.15) is 0 Å². The average molecular weight is 377 g/mol. The summed E-state index contributed by atoms with van der Waals surface area (Å²) in [6, 6.07) is 5.53. The molecule has 1 atom stereocenters. The molecule has 1 unspecified atom stereocenters. The third-order valence-electron chi connectivity index (χ3n) is 3.32. The maximum atomic E-state index is 12.0. The van der Waals surface area contributed by atoms with E-state index in [1.807, 2.05) is 18.0 Å². The average Bonchev–Trinajstić information content (AvgIpc) is 2.39. The van der Waals surface area contributed by atoms with Gasteiger partial charge in [-0.3, -0.25) is 9.69 Å². The minimum atomic E-state index is -0.0835. The van der Waals surface area contributed by atoms with E-state index >= 15 is 0 Å². The molecule has 118 valence electrons. The summed E-state index contributed by atoms with van der Waals surface area (Å²) in [6.07, 6.45) is 0.875. The summed E-state index contributed by atoms with van der Waals surface area (Å²) in [5, 5.41) is 3.33. The molecule has 0 aliphatic carbocycles. The molecule has 0 fully saturated rings. The second-order valence-corrected chi connectivity index (χ2v) is 6.93. The Morgan fingerprint density at radius 2 is 2.14 bits per heavy atom. The number of nitrogens with one attached hydrogen (secondary N) is 1. The van der Waals surface area contributed by atoms with Crippen molar-refractivity contribution in [3.8, 4) is 0 Å². The van der Waals surface area contributed by atoms with E-state index in [9.17, 15) is 4.79 Å². The highest BCUT2D eigenvalue weighted by molar-refractivity contribution is 9.10.